The molecule has 16 nitrogen and oxygen atoms in total. The van der Waals surface area contributed by atoms with Gasteiger partial charge in [0.15, 0.2) is 0 Å². The maximum atomic E-state index is 10.7. The molecule has 0 saturated heterocycles. The van der Waals surface area contributed by atoms with Crippen molar-refractivity contribution in [3.05, 3.63) is 0 Å². The van der Waals surface area contributed by atoms with Crippen molar-refractivity contribution in [2.45, 2.75) is 0 Å². The predicted octanol–water partition coefficient (Wildman–Crippen LogP) is -16.9. The zero-order valence-corrected chi connectivity index (χ0v) is 20.9. The van der Waals surface area contributed by atoms with E-state index in [9.17, 15) is 57.1 Å². The van der Waals surface area contributed by atoms with Crippen LogP contribution in [-0.4, -0.2) is 0 Å². The minimum atomic E-state index is -6.56. The summed E-state index contributed by atoms with van der Waals surface area (Å²) < 4.78 is 62.6. The summed E-state index contributed by atoms with van der Waals surface area (Å²) in [6, 6.07) is 0. The molecule has 0 rings (SSSR count). The van der Waals surface area contributed by atoms with Crippen LogP contribution < -0.4 is 110 Å². The normalized spacial score (nSPS) is 17.8. The molecule has 26 heteroatoms. The van der Waals surface area contributed by atoms with Crippen LogP contribution in [0.25, 0.3) is 0 Å². The van der Waals surface area contributed by atoms with E-state index >= 15 is 0 Å². The first-order chi connectivity index (χ1) is 8.83. The molecule has 0 aliphatic heterocycles. The van der Waals surface area contributed by atoms with Crippen LogP contribution in [0.2, 0.25) is 0 Å². The molecule has 0 aromatic rings. The van der Waals surface area contributed by atoms with Gasteiger partial charge in [-0.3, -0.25) is 22.3 Å². The summed E-state index contributed by atoms with van der Waals surface area (Å²) in [6.07, 6.45) is 0. The fourth-order valence-electron chi connectivity index (χ4n) is 0.535. The van der Waals surface area contributed by atoms with Crippen LogP contribution >= 0.6 is 39.1 Å². The zero-order chi connectivity index (χ0) is 17.3. The molecule has 0 spiro atoms. The average Bonchev–Trinajstić information content (AvgIpc) is 1.83. The number of rotatable bonds is 8. The smallest absolute Gasteiger partial charge is 0.790 e. The molecule has 129 valence electrons. The molecule has 1 radical (unpaired) electrons. The quantitative estimate of drug-likeness (QED) is 0.189. The third-order valence-electron chi connectivity index (χ3n) is 0.800. The van der Waals surface area contributed by atoms with Crippen molar-refractivity contribution in [2.24, 2.45) is 0 Å². The third kappa shape index (κ3) is 26.5. The van der Waals surface area contributed by atoms with E-state index in [1.54, 1.807) is 0 Å². The van der Waals surface area contributed by atoms with Crippen molar-refractivity contribution in [1.29, 1.82) is 0 Å². The second-order valence-electron chi connectivity index (χ2n) is 2.56. The van der Waals surface area contributed by atoms with Crippen molar-refractivity contribution in [2.75, 3.05) is 0 Å². The Bertz CT molecular complexity index is 568. The van der Waals surface area contributed by atoms with Crippen LogP contribution in [0, 0.1) is 40.8 Å². The van der Waals surface area contributed by atoms with Gasteiger partial charge >= 0.3 is 116 Å². The molecule has 0 N–H and O–H groups in total. The van der Waals surface area contributed by atoms with Gasteiger partial charge in [-0.25, -0.2) is 8.62 Å². The standard InChI is InChI=1S/4Li.Nd.H7O16P5/c;;;;;1-17(2,3)13-19(7,8)15-21(11,12)16-20(9,10)14-18(4,5)6/h;;;;;(H,7,8)(H,9,10)(H,11,12)(H2,1,2,3)(H2,4,5,6)/q4*+1;+3;/p-7. The summed E-state index contributed by atoms with van der Waals surface area (Å²) >= 11 is 0. The van der Waals surface area contributed by atoms with Gasteiger partial charge in [0.05, 0.1) is 15.6 Å². The summed E-state index contributed by atoms with van der Waals surface area (Å²) in [7, 11) is -32.1. The van der Waals surface area contributed by atoms with Gasteiger partial charge in [0, 0.05) is 0 Å². The minimum Gasteiger partial charge on any atom is -0.790 e. The van der Waals surface area contributed by atoms with Gasteiger partial charge in [0.1, 0.15) is 0 Å². The van der Waals surface area contributed by atoms with Crippen LogP contribution in [0.3, 0.4) is 0 Å². The second-order valence-corrected chi connectivity index (χ2v) is 9.65. The van der Waals surface area contributed by atoms with Gasteiger partial charge in [-0.1, -0.05) is 0 Å². The molecule has 0 aliphatic rings. The van der Waals surface area contributed by atoms with E-state index in [-0.39, 0.29) is 116 Å². The van der Waals surface area contributed by atoms with Gasteiger partial charge in [-0.2, -0.15) is 0 Å². The molecular formula is Li4NdO16P5. The molecule has 0 amide bonds. The maximum absolute atomic E-state index is 10.7. The summed E-state index contributed by atoms with van der Waals surface area (Å²) in [5.41, 5.74) is 0. The Morgan fingerprint density at radius 3 is 0.731 bits per heavy atom. The first-order valence-corrected chi connectivity index (χ1v) is 11.0. The molecule has 0 fully saturated rings. The van der Waals surface area contributed by atoms with E-state index in [1.165, 1.54) is 0 Å². The Kier molecular flexibility index (Phi) is 27.4. The van der Waals surface area contributed by atoms with Crippen molar-refractivity contribution >= 4 is 39.1 Å². The molecule has 26 heavy (non-hydrogen) atoms. The molecule has 2 atom stereocenters. The first-order valence-electron chi connectivity index (χ1n) is 3.65. The molecule has 0 aromatic heterocycles. The van der Waals surface area contributed by atoms with Crippen molar-refractivity contribution < 1.29 is 191 Å². The molecule has 0 heterocycles. The van der Waals surface area contributed by atoms with Gasteiger partial charge in [0.2, 0.25) is 0 Å². The molecule has 0 aromatic carbocycles. The van der Waals surface area contributed by atoms with E-state index < -0.39 is 39.1 Å². The summed E-state index contributed by atoms with van der Waals surface area (Å²) in [5, 5.41) is 0. The first kappa shape index (κ1) is 44.2. The van der Waals surface area contributed by atoms with Crippen LogP contribution in [-0.2, 0) is 40.1 Å². The van der Waals surface area contributed by atoms with Crippen LogP contribution in [0.5, 0.6) is 0 Å². The Morgan fingerprint density at radius 2 is 0.577 bits per heavy atom. The second kappa shape index (κ2) is 16.1. The Balaban J connectivity index is -0.000000200. The fourth-order valence-corrected chi connectivity index (χ4v) is 5.62. The molecular weight excluding hydrogens is 583 g/mol. The van der Waals surface area contributed by atoms with E-state index in [4.69, 9.17) is 0 Å². The Hall–Kier alpha value is 4.45. The zero-order valence-electron chi connectivity index (χ0n) is 13.3. The summed E-state index contributed by atoms with van der Waals surface area (Å²) in [6.45, 7) is 0. The van der Waals surface area contributed by atoms with Gasteiger partial charge < -0.3 is 43.4 Å². The Morgan fingerprint density at radius 1 is 0.423 bits per heavy atom. The fraction of sp³-hybridized carbons (Fsp3) is 0. The maximum Gasteiger partial charge on any atom is 3.00 e. The molecule has 2 unspecified atom stereocenters. The van der Waals surface area contributed by atoms with Crippen LogP contribution in [0.15, 0.2) is 0 Å². The number of hydrogen-bond acceptors (Lipinski definition) is 16. The van der Waals surface area contributed by atoms with E-state index in [1.807, 2.05) is 0 Å². The van der Waals surface area contributed by atoms with E-state index in [2.05, 4.69) is 17.2 Å². The number of phosphoric acid groups is 5. The third-order valence-corrected chi connectivity index (χ3v) is 7.20. The van der Waals surface area contributed by atoms with Crippen LogP contribution in [0.4, 0.5) is 0 Å². The topological polar surface area (TPSA) is 284 Å². The predicted molar refractivity (Wildman–Crippen MR) is 42.4 cm³/mol. The molecule has 0 bridgehead atoms. The van der Waals surface area contributed by atoms with Crippen LogP contribution in [0.1, 0.15) is 0 Å². The Labute approximate surface area is 226 Å². The SMILES string of the molecule is O=P([O-])([O-])OP(=O)([O-])OP(=O)([O-])OP(=O)([O-])OP(=O)([O-])[O-].[Li+].[Li+].[Li+].[Li+].[Nd+3]. The molecule has 0 saturated carbocycles. The van der Waals surface area contributed by atoms with Crippen molar-refractivity contribution in [1.82, 2.24) is 0 Å². The average molecular weight is 583 g/mol. The van der Waals surface area contributed by atoms with Crippen molar-refractivity contribution in [3.8, 4) is 0 Å². The van der Waals surface area contributed by atoms with Gasteiger partial charge in [-0.05, 0) is 0 Å². The largest absolute Gasteiger partial charge is 3.00 e. The molecule has 0 aliphatic carbocycles. The van der Waals surface area contributed by atoms with E-state index in [0.717, 1.165) is 0 Å². The number of hydrogen-bond donors (Lipinski definition) is 0. The monoisotopic (exact) mass is 581 g/mol. The van der Waals surface area contributed by atoms with Gasteiger partial charge in [0.25, 0.3) is 23.5 Å². The van der Waals surface area contributed by atoms with Crippen molar-refractivity contribution in [3.63, 3.8) is 0 Å². The summed E-state index contributed by atoms with van der Waals surface area (Å²) in [4.78, 5) is 71.5. The van der Waals surface area contributed by atoms with Gasteiger partial charge in [-0.15, -0.1) is 0 Å². The minimum absolute atomic E-state index is 0. The van der Waals surface area contributed by atoms with E-state index in [0.29, 0.717) is 0 Å². The summed E-state index contributed by atoms with van der Waals surface area (Å²) in [5.74, 6) is 0.